The van der Waals surface area contributed by atoms with E-state index in [0.29, 0.717) is 35.2 Å². The monoisotopic (exact) mass is 496 g/mol. The Morgan fingerprint density at radius 3 is 2.57 bits per heavy atom. The number of non-ortho nitro benzene ring substituents is 1. The lowest BCUT2D eigenvalue weighted by atomic mass is 9.72. The molecule has 2 heterocycles. The van der Waals surface area contributed by atoms with E-state index in [4.69, 9.17) is 9.47 Å². The van der Waals surface area contributed by atoms with Crippen LogP contribution in [0.15, 0.2) is 64.3 Å². The van der Waals surface area contributed by atoms with Crippen LogP contribution in [-0.2, 0) is 19.1 Å². The fourth-order valence-corrected chi connectivity index (χ4v) is 5.48. The first kappa shape index (κ1) is 24.8. The molecule has 4 rings (SSSR count). The maximum absolute atomic E-state index is 13.5. The third kappa shape index (κ3) is 5.36. The summed E-state index contributed by atoms with van der Waals surface area (Å²) in [6.07, 6.45) is 1.00. The molecule has 2 aliphatic rings. The highest BCUT2D eigenvalue weighted by molar-refractivity contribution is 7.10. The van der Waals surface area contributed by atoms with Gasteiger partial charge in [-0.1, -0.05) is 18.2 Å². The molecule has 1 aliphatic heterocycles. The molecule has 0 amide bonds. The summed E-state index contributed by atoms with van der Waals surface area (Å²) in [7, 11) is 0. The van der Waals surface area contributed by atoms with Gasteiger partial charge in [-0.3, -0.25) is 14.9 Å². The SMILES string of the molecule is CC1=C(C(=O)OCCOC(C)C)C(c2ccc([N+](=O)[O-])cc2)C2=C(CC(c3cccs3)CC2=O)N1. The van der Waals surface area contributed by atoms with Gasteiger partial charge in [0.05, 0.1) is 23.2 Å². The van der Waals surface area contributed by atoms with Crippen LogP contribution in [0.1, 0.15) is 55.9 Å². The maximum atomic E-state index is 13.5. The van der Waals surface area contributed by atoms with Crippen LogP contribution in [0.4, 0.5) is 5.69 Å². The summed E-state index contributed by atoms with van der Waals surface area (Å²) in [6.45, 7) is 5.94. The number of nitro groups is 1. The van der Waals surface area contributed by atoms with Gasteiger partial charge in [0.25, 0.3) is 5.69 Å². The number of nitrogens with zero attached hydrogens (tertiary/aromatic N) is 1. The summed E-state index contributed by atoms with van der Waals surface area (Å²) in [5.41, 5.74) is 2.85. The predicted molar refractivity (Wildman–Crippen MR) is 132 cm³/mol. The van der Waals surface area contributed by atoms with Crippen LogP contribution in [0.2, 0.25) is 0 Å². The molecule has 0 spiro atoms. The molecule has 35 heavy (non-hydrogen) atoms. The van der Waals surface area contributed by atoms with Crippen LogP contribution in [0.5, 0.6) is 0 Å². The Bertz CT molecular complexity index is 1180. The van der Waals surface area contributed by atoms with Crippen molar-refractivity contribution < 1.29 is 24.0 Å². The van der Waals surface area contributed by atoms with Crippen molar-refractivity contribution in [3.8, 4) is 0 Å². The predicted octanol–water partition coefficient (Wildman–Crippen LogP) is 4.99. The molecule has 2 unspecified atom stereocenters. The quantitative estimate of drug-likeness (QED) is 0.237. The Balaban J connectivity index is 1.70. The number of carbonyl (C=O) groups excluding carboxylic acids is 2. The fraction of sp³-hybridized carbons (Fsp3) is 0.385. The van der Waals surface area contributed by atoms with Gasteiger partial charge >= 0.3 is 5.97 Å². The molecule has 0 saturated carbocycles. The van der Waals surface area contributed by atoms with Crippen LogP contribution in [-0.4, -0.2) is 36.0 Å². The van der Waals surface area contributed by atoms with Gasteiger partial charge < -0.3 is 14.8 Å². The fourth-order valence-electron chi connectivity index (χ4n) is 4.65. The van der Waals surface area contributed by atoms with E-state index in [1.807, 2.05) is 31.4 Å². The molecule has 1 N–H and O–H groups in total. The molecule has 0 fully saturated rings. The third-order valence-electron chi connectivity index (χ3n) is 6.20. The van der Waals surface area contributed by atoms with Crippen molar-refractivity contribution in [3.63, 3.8) is 0 Å². The topological polar surface area (TPSA) is 108 Å². The largest absolute Gasteiger partial charge is 0.460 e. The Morgan fingerprint density at radius 1 is 1.20 bits per heavy atom. The highest BCUT2D eigenvalue weighted by Gasteiger charge is 2.41. The Morgan fingerprint density at radius 2 is 1.94 bits per heavy atom. The second-order valence-corrected chi connectivity index (χ2v) is 9.92. The first-order valence-electron chi connectivity index (χ1n) is 11.6. The van der Waals surface area contributed by atoms with Crippen LogP contribution in [0, 0.1) is 10.1 Å². The lowest BCUT2D eigenvalue weighted by Gasteiger charge is -2.36. The van der Waals surface area contributed by atoms with Crippen molar-refractivity contribution in [2.75, 3.05) is 13.2 Å². The molecule has 1 aromatic carbocycles. The number of allylic oxidation sites excluding steroid dienone is 3. The van der Waals surface area contributed by atoms with E-state index < -0.39 is 16.8 Å². The van der Waals surface area contributed by atoms with Gasteiger partial charge in [0.15, 0.2) is 5.78 Å². The van der Waals surface area contributed by atoms with E-state index in [1.165, 1.54) is 12.1 Å². The Labute approximate surface area is 207 Å². The average molecular weight is 497 g/mol. The molecule has 2 aromatic rings. The van der Waals surface area contributed by atoms with Gasteiger partial charge in [-0.2, -0.15) is 0 Å². The first-order chi connectivity index (χ1) is 16.8. The second-order valence-electron chi connectivity index (χ2n) is 8.94. The van der Waals surface area contributed by atoms with Crippen LogP contribution in [0.25, 0.3) is 0 Å². The zero-order valence-corrected chi connectivity index (χ0v) is 20.7. The van der Waals surface area contributed by atoms with E-state index in [9.17, 15) is 19.7 Å². The van der Waals surface area contributed by atoms with Gasteiger partial charge in [0, 0.05) is 52.2 Å². The molecule has 9 heteroatoms. The molecular weight excluding hydrogens is 468 g/mol. The minimum atomic E-state index is -0.664. The summed E-state index contributed by atoms with van der Waals surface area (Å²) < 4.78 is 11.0. The number of benzene rings is 1. The maximum Gasteiger partial charge on any atom is 0.336 e. The number of hydrogen-bond acceptors (Lipinski definition) is 8. The number of carbonyl (C=O) groups is 2. The van der Waals surface area contributed by atoms with Crippen molar-refractivity contribution in [2.45, 2.75) is 51.6 Å². The van der Waals surface area contributed by atoms with Gasteiger partial charge in [0.1, 0.15) is 6.61 Å². The number of hydrogen-bond donors (Lipinski definition) is 1. The average Bonchev–Trinajstić information content (AvgIpc) is 3.36. The van der Waals surface area contributed by atoms with Gasteiger partial charge in [0.2, 0.25) is 0 Å². The minimum Gasteiger partial charge on any atom is -0.460 e. The summed E-state index contributed by atoms with van der Waals surface area (Å²) in [6, 6.07) is 10.0. The zero-order valence-electron chi connectivity index (χ0n) is 19.9. The molecular formula is C26H28N2O6S. The lowest BCUT2D eigenvalue weighted by Crippen LogP contribution is -2.36. The molecule has 184 valence electrons. The standard InChI is InChI=1S/C26H28N2O6S/c1-15(2)33-10-11-34-26(30)23-16(3)27-20-13-18(22-5-4-12-35-22)14-21(29)25(20)24(23)17-6-8-19(9-7-17)28(31)32/h4-9,12,15,18,24,27H,10-11,13-14H2,1-3H3. The number of dihydropyridines is 1. The van der Waals surface area contributed by atoms with Gasteiger partial charge in [-0.15, -0.1) is 11.3 Å². The highest BCUT2D eigenvalue weighted by Crippen LogP contribution is 2.46. The Hall–Kier alpha value is -3.30. The van der Waals surface area contributed by atoms with Gasteiger partial charge in [-0.05, 0) is 44.2 Å². The molecule has 2 atom stereocenters. The van der Waals surface area contributed by atoms with Crippen molar-refractivity contribution >= 4 is 28.8 Å². The second kappa shape index (κ2) is 10.5. The van der Waals surface area contributed by atoms with E-state index in [2.05, 4.69) is 5.32 Å². The third-order valence-corrected chi connectivity index (χ3v) is 7.23. The number of nitro benzene ring substituents is 1. The normalized spacial score (nSPS) is 20.1. The molecule has 8 nitrogen and oxygen atoms in total. The zero-order chi connectivity index (χ0) is 25.1. The van der Waals surface area contributed by atoms with Crippen LogP contribution >= 0.6 is 11.3 Å². The molecule has 0 radical (unpaired) electrons. The van der Waals surface area contributed by atoms with Gasteiger partial charge in [-0.25, -0.2) is 4.79 Å². The molecule has 0 bridgehead atoms. The number of ether oxygens (including phenoxy) is 2. The summed E-state index contributed by atoms with van der Waals surface area (Å²) in [5.74, 6) is -1.17. The van der Waals surface area contributed by atoms with Crippen LogP contribution < -0.4 is 5.32 Å². The summed E-state index contributed by atoms with van der Waals surface area (Å²) >= 11 is 1.63. The summed E-state index contributed by atoms with van der Waals surface area (Å²) in [4.78, 5) is 38.6. The number of ketones is 1. The molecule has 0 saturated heterocycles. The number of nitrogens with one attached hydrogen (secondary N) is 1. The smallest absolute Gasteiger partial charge is 0.336 e. The molecule has 1 aliphatic carbocycles. The number of rotatable bonds is 8. The van der Waals surface area contributed by atoms with E-state index >= 15 is 0 Å². The van der Waals surface area contributed by atoms with Crippen molar-refractivity contribution in [2.24, 2.45) is 0 Å². The highest BCUT2D eigenvalue weighted by atomic mass is 32.1. The van der Waals surface area contributed by atoms with Crippen molar-refractivity contribution in [3.05, 3.63) is 84.9 Å². The molecule has 1 aromatic heterocycles. The van der Waals surface area contributed by atoms with E-state index in [0.717, 1.165) is 10.6 Å². The number of esters is 1. The summed E-state index contributed by atoms with van der Waals surface area (Å²) in [5, 5.41) is 16.5. The Kier molecular flexibility index (Phi) is 7.47. The van der Waals surface area contributed by atoms with E-state index in [-0.39, 0.29) is 36.7 Å². The number of thiophene rings is 1. The van der Waals surface area contributed by atoms with Crippen molar-refractivity contribution in [1.82, 2.24) is 5.32 Å². The first-order valence-corrected chi connectivity index (χ1v) is 12.4. The van der Waals surface area contributed by atoms with Crippen LogP contribution in [0.3, 0.4) is 0 Å². The lowest BCUT2D eigenvalue weighted by molar-refractivity contribution is -0.384. The minimum absolute atomic E-state index is 0.0164. The van der Waals surface area contributed by atoms with Crippen molar-refractivity contribution in [1.29, 1.82) is 0 Å². The van der Waals surface area contributed by atoms with E-state index in [1.54, 1.807) is 30.4 Å². The number of Topliss-reactive ketones (excluding diaryl/α,β-unsaturated/α-hetero) is 1.